The molecule has 0 aromatic heterocycles. The van der Waals surface area contributed by atoms with Crippen molar-refractivity contribution >= 4 is 29.5 Å². The summed E-state index contributed by atoms with van der Waals surface area (Å²) >= 11 is 1.38. The molecule has 0 aliphatic carbocycles. The second-order valence-corrected chi connectivity index (χ2v) is 6.53. The number of amides is 2. The molecule has 7 heteroatoms. The van der Waals surface area contributed by atoms with Gasteiger partial charge in [-0.15, -0.1) is 11.8 Å². The van der Waals surface area contributed by atoms with Crippen LogP contribution in [0.2, 0.25) is 0 Å². The number of hydrogen-bond acceptors (Lipinski definition) is 5. The number of nitrogens with one attached hydrogen (secondary N) is 1. The quantitative estimate of drug-likeness (QED) is 0.596. The third kappa shape index (κ3) is 1.69. The number of carboxylic acid groups (broad SMARTS) is 1. The van der Waals surface area contributed by atoms with Gasteiger partial charge in [-0.3, -0.25) is 9.59 Å². The van der Waals surface area contributed by atoms with Crippen molar-refractivity contribution < 1.29 is 19.5 Å². The van der Waals surface area contributed by atoms with E-state index >= 15 is 0 Å². The minimum atomic E-state index is -1.25. The molecule has 17 heavy (non-hydrogen) atoms. The van der Waals surface area contributed by atoms with Gasteiger partial charge in [-0.2, -0.15) is 0 Å². The minimum absolute atomic E-state index is 0.293. The smallest absolute Gasteiger partial charge is 0.249 e. The zero-order valence-corrected chi connectivity index (χ0v) is 10.5. The molecule has 2 amide bonds. The van der Waals surface area contributed by atoms with Crippen LogP contribution in [0.3, 0.4) is 0 Å². The molecule has 1 N–H and O–H groups in total. The Hall–Kier alpha value is -1.24. The molecule has 3 unspecified atom stereocenters. The summed E-state index contributed by atoms with van der Waals surface area (Å²) in [5, 5.41) is 13.3. The predicted octanol–water partition coefficient (Wildman–Crippen LogP) is -1.70. The van der Waals surface area contributed by atoms with E-state index in [1.807, 2.05) is 0 Å². The molecular formula is C10H13N2O4S-. The molecule has 0 bridgehead atoms. The summed E-state index contributed by atoms with van der Waals surface area (Å²) in [7, 11) is 0. The third-order valence-corrected chi connectivity index (χ3v) is 4.59. The lowest BCUT2D eigenvalue weighted by atomic mass is 9.96. The first-order chi connectivity index (χ1) is 7.75. The molecule has 94 valence electrons. The number of thioether (sulfide) groups is 1. The van der Waals surface area contributed by atoms with Crippen LogP contribution >= 0.6 is 11.8 Å². The van der Waals surface area contributed by atoms with Crippen LogP contribution in [0, 0.1) is 0 Å². The monoisotopic (exact) mass is 257 g/mol. The summed E-state index contributed by atoms with van der Waals surface area (Å²) in [6, 6.07) is -1.55. The molecular weight excluding hydrogens is 244 g/mol. The zero-order valence-electron chi connectivity index (χ0n) is 9.72. The fourth-order valence-corrected chi connectivity index (χ4v) is 3.97. The molecule has 2 rings (SSSR count). The highest BCUT2D eigenvalue weighted by molar-refractivity contribution is 8.01. The summed E-state index contributed by atoms with van der Waals surface area (Å²) in [5.74, 6) is -1.89. The minimum Gasteiger partial charge on any atom is -0.548 e. The molecule has 0 saturated carbocycles. The summed E-state index contributed by atoms with van der Waals surface area (Å²) in [6.07, 6.45) is 0. The van der Waals surface area contributed by atoms with Gasteiger partial charge in [-0.05, 0) is 13.8 Å². The lowest BCUT2D eigenvalue weighted by Gasteiger charge is -2.45. The number of nitrogens with zero attached hydrogens (tertiary/aromatic N) is 1. The van der Waals surface area contributed by atoms with E-state index in [0.29, 0.717) is 0 Å². The molecule has 2 saturated heterocycles. The molecule has 2 heterocycles. The number of carbonyl (C=O) groups is 3. The van der Waals surface area contributed by atoms with Gasteiger partial charge in [0.25, 0.3) is 0 Å². The number of carbonyl (C=O) groups excluding carboxylic acids is 3. The van der Waals surface area contributed by atoms with E-state index in [9.17, 15) is 19.5 Å². The maximum absolute atomic E-state index is 11.8. The molecule has 2 fully saturated rings. The Morgan fingerprint density at radius 2 is 2.06 bits per heavy atom. The van der Waals surface area contributed by atoms with Crippen LogP contribution in [0.25, 0.3) is 0 Å². The standard InChI is InChI=1S/C10H14N2O4S/c1-4(13)11-5-7(14)12-6(9(15)16)10(2,3)17-8(5)12/h5-6,8H,1-3H3,(H,11,13)(H,15,16)/p-1. The maximum atomic E-state index is 11.8. The Bertz CT molecular complexity index is 409. The van der Waals surface area contributed by atoms with Gasteiger partial charge in [-0.25, -0.2) is 0 Å². The van der Waals surface area contributed by atoms with Crippen molar-refractivity contribution in [2.24, 2.45) is 0 Å². The first-order valence-corrected chi connectivity index (χ1v) is 6.11. The second-order valence-electron chi connectivity index (χ2n) is 4.76. The van der Waals surface area contributed by atoms with Crippen molar-refractivity contribution in [3.63, 3.8) is 0 Å². The van der Waals surface area contributed by atoms with Crippen molar-refractivity contribution in [1.82, 2.24) is 10.2 Å². The van der Waals surface area contributed by atoms with Gasteiger partial charge in [0.15, 0.2) is 0 Å². The first-order valence-electron chi connectivity index (χ1n) is 5.23. The maximum Gasteiger partial charge on any atom is 0.249 e. The number of aliphatic carboxylic acids is 1. The van der Waals surface area contributed by atoms with E-state index < -0.39 is 22.8 Å². The average Bonchev–Trinajstić information content (AvgIpc) is 2.43. The molecule has 0 aromatic rings. The van der Waals surface area contributed by atoms with Crippen molar-refractivity contribution in [2.45, 2.75) is 43.0 Å². The first kappa shape index (κ1) is 12.2. The van der Waals surface area contributed by atoms with E-state index in [4.69, 9.17) is 0 Å². The van der Waals surface area contributed by atoms with Crippen molar-refractivity contribution in [3.05, 3.63) is 0 Å². The Balaban J connectivity index is 2.21. The van der Waals surface area contributed by atoms with Crippen molar-refractivity contribution in [2.75, 3.05) is 0 Å². The van der Waals surface area contributed by atoms with Crippen LogP contribution in [0.5, 0.6) is 0 Å². The fourth-order valence-electron chi connectivity index (χ4n) is 2.35. The van der Waals surface area contributed by atoms with E-state index in [2.05, 4.69) is 5.32 Å². The second kappa shape index (κ2) is 3.63. The number of hydrogen-bond donors (Lipinski definition) is 1. The highest BCUT2D eigenvalue weighted by atomic mass is 32.2. The molecule has 6 nitrogen and oxygen atoms in total. The van der Waals surface area contributed by atoms with Crippen LogP contribution in [0.1, 0.15) is 20.8 Å². The summed E-state index contributed by atoms with van der Waals surface area (Å²) in [5.41, 5.74) is 0. The third-order valence-electron chi connectivity index (χ3n) is 3.02. The van der Waals surface area contributed by atoms with Gasteiger partial charge in [-0.1, -0.05) is 0 Å². The Morgan fingerprint density at radius 1 is 1.47 bits per heavy atom. The number of fused-ring (bicyclic) bond motifs is 1. The average molecular weight is 257 g/mol. The highest BCUT2D eigenvalue weighted by Crippen LogP contribution is 2.50. The fraction of sp³-hybridized carbons (Fsp3) is 0.700. The Kier molecular flexibility index (Phi) is 2.61. The van der Waals surface area contributed by atoms with Gasteiger partial charge < -0.3 is 20.1 Å². The van der Waals surface area contributed by atoms with Crippen LogP contribution in [0.15, 0.2) is 0 Å². The largest absolute Gasteiger partial charge is 0.548 e. The topological polar surface area (TPSA) is 89.5 Å². The summed E-state index contributed by atoms with van der Waals surface area (Å²) < 4.78 is -0.605. The molecule has 0 aromatic carbocycles. The molecule has 2 aliphatic rings. The lowest BCUT2D eigenvalue weighted by molar-refractivity contribution is -0.312. The van der Waals surface area contributed by atoms with Crippen molar-refractivity contribution in [1.29, 1.82) is 0 Å². The van der Waals surface area contributed by atoms with E-state index in [-0.39, 0.29) is 17.2 Å². The summed E-state index contributed by atoms with van der Waals surface area (Å²) in [6.45, 7) is 4.85. The Morgan fingerprint density at radius 3 is 2.53 bits per heavy atom. The van der Waals surface area contributed by atoms with Crippen molar-refractivity contribution in [3.8, 4) is 0 Å². The molecule has 3 atom stereocenters. The normalized spacial score (nSPS) is 33.9. The summed E-state index contributed by atoms with van der Waals surface area (Å²) in [4.78, 5) is 35.1. The Labute approximate surface area is 103 Å². The lowest BCUT2D eigenvalue weighted by Crippen LogP contribution is -2.71. The van der Waals surface area contributed by atoms with Crippen LogP contribution in [0.4, 0.5) is 0 Å². The van der Waals surface area contributed by atoms with Crippen LogP contribution in [-0.4, -0.2) is 44.9 Å². The van der Waals surface area contributed by atoms with Gasteiger partial charge >= 0.3 is 0 Å². The van der Waals surface area contributed by atoms with E-state index in [1.165, 1.54) is 23.6 Å². The highest BCUT2D eigenvalue weighted by Gasteiger charge is 2.62. The van der Waals surface area contributed by atoms with E-state index in [1.54, 1.807) is 13.8 Å². The number of rotatable bonds is 2. The van der Waals surface area contributed by atoms with Gasteiger partial charge in [0.1, 0.15) is 11.4 Å². The van der Waals surface area contributed by atoms with E-state index in [0.717, 1.165) is 0 Å². The van der Waals surface area contributed by atoms with Gasteiger partial charge in [0, 0.05) is 11.7 Å². The SMILES string of the molecule is CC(=O)NC1C(=O)N2C1SC(C)(C)C2C(=O)[O-]. The number of carboxylic acids is 1. The molecule has 2 aliphatic heterocycles. The van der Waals surface area contributed by atoms with Crippen LogP contribution in [-0.2, 0) is 14.4 Å². The number of β-lactam (4-membered cyclic amide) rings is 1. The molecule has 0 radical (unpaired) electrons. The van der Waals surface area contributed by atoms with Gasteiger partial charge in [0.2, 0.25) is 11.8 Å². The van der Waals surface area contributed by atoms with Crippen LogP contribution < -0.4 is 10.4 Å². The predicted molar refractivity (Wildman–Crippen MR) is 58.7 cm³/mol. The zero-order chi connectivity index (χ0) is 13.0. The van der Waals surface area contributed by atoms with Gasteiger partial charge in [0.05, 0.1) is 12.0 Å². The molecule has 0 spiro atoms.